The van der Waals surface area contributed by atoms with E-state index in [1.54, 1.807) is 17.5 Å². The first-order valence-corrected chi connectivity index (χ1v) is 5.02. The van der Waals surface area contributed by atoms with Crippen LogP contribution in [0.25, 0.3) is 0 Å². The van der Waals surface area contributed by atoms with Crippen LogP contribution in [0.1, 0.15) is 6.92 Å². The molecule has 0 saturated carbocycles. The van der Waals surface area contributed by atoms with Crippen LogP contribution >= 0.6 is 11.3 Å². The van der Waals surface area contributed by atoms with Crippen LogP contribution in [0.4, 0.5) is 5.13 Å². The van der Waals surface area contributed by atoms with Gasteiger partial charge in [-0.05, 0) is 6.92 Å². The van der Waals surface area contributed by atoms with Gasteiger partial charge in [0.2, 0.25) is 0 Å². The molecule has 0 aliphatic carbocycles. The number of hydrogen-bond acceptors (Lipinski definition) is 4. The predicted molar refractivity (Wildman–Crippen MR) is 56.2 cm³/mol. The molecule has 0 spiro atoms. The van der Waals surface area contributed by atoms with Crippen molar-refractivity contribution in [3.8, 4) is 0 Å². The molecule has 72 valence electrons. The zero-order valence-corrected chi connectivity index (χ0v) is 8.56. The molecule has 0 saturated heterocycles. The van der Waals surface area contributed by atoms with Crippen LogP contribution < -0.4 is 5.32 Å². The maximum absolute atomic E-state index is 5.31. The molecule has 3 nitrogen and oxygen atoms in total. The van der Waals surface area contributed by atoms with E-state index in [-0.39, 0.29) is 0 Å². The van der Waals surface area contributed by atoms with Crippen molar-refractivity contribution < 1.29 is 4.74 Å². The van der Waals surface area contributed by atoms with Crippen molar-refractivity contribution in [2.45, 2.75) is 6.92 Å². The highest BCUT2D eigenvalue weighted by molar-refractivity contribution is 7.13. The van der Waals surface area contributed by atoms with Crippen molar-refractivity contribution in [2.75, 3.05) is 25.1 Å². The van der Waals surface area contributed by atoms with Gasteiger partial charge in [0, 0.05) is 18.1 Å². The summed E-state index contributed by atoms with van der Waals surface area (Å²) in [5.74, 6) is 0. The second-order valence-corrected chi connectivity index (χ2v) is 3.67. The Hall–Kier alpha value is -0.870. The third-order valence-electron chi connectivity index (χ3n) is 1.30. The average Bonchev–Trinajstić information content (AvgIpc) is 2.55. The lowest BCUT2D eigenvalue weighted by Crippen LogP contribution is -2.09. The van der Waals surface area contributed by atoms with Gasteiger partial charge in [-0.25, -0.2) is 4.98 Å². The van der Waals surface area contributed by atoms with Gasteiger partial charge in [0.05, 0.1) is 13.2 Å². The van der Waals surface area contributed by atoms with Crippen molar-refractivity contribution >= 4 is 16.5 Å². The Labute approximate surface area is 82.5 Å². The van der Waals surface area contributed by atoms with E-state index in [4.69, 9.17) is 4.74 Å². The fourth-order valence-corrected chi connectivity index (χ4v) is 1.35. The van der Waals surface area contributed by atoms with Crippen LogP contribution in [0.3, 0.4) is 0 Å². The number of nitrogens with zero attached hydrogens (tertiary/aromatic N) is 1. The standard InChI is InChI=1S/C9H14N2OS/c1-8(2)7-12-5-3-10-9-11-4-6-13-9/h4,6H,1,3,5,7H2,2H3,(H,10,11). The van der Waals surface area contributed by atoms with E-state index < -0.39 is 0 Å². The fraction of sp³-hybridized carbons (Fsp3) is 0.444. The Balaban J connectivity index is 1.99. The van der Waals surface area contributed by atoms with Gasteiger partial charge in [-0.3, -0.25) is 0 Å². The lowest BCUT2D eigenvalue weighted by molar-refractivity contribution is 0.167. The van der Waals surface area contributed by atoms with E-state index in [9.17, 15) is 0 Å². The topological polar surface area (TPSA) is 34.1 Å². The summed E-state index contributed by atoms with van der Waals surface area (Å²) in [6.45, 7) is 7.82. The Morgan fingerprint density at radius 2 is 2.62 bits per heavy atom. The number of ether oxygens (including phenoxy) is 1. The molecule has 0 aliphatic heterocycles. The molecular formula is C9H14N2OS. The van der Waals surface area contributed by atoms with Crippen LogP contribution in [0, 0.1) is 0 Å². The molecule has 0 atom stereocenters. The van der Waals surface area contributed by atoms with Crippen LogP contribution in [0.15, 0.2) is 23.7 Å². The third-order valence-corrected chi connectivity index (χ3v) is 2.03. The van der Waals surface area contributed by atoms with E-state index in [1.165, 1.54) is 0 Å². The van der Waals surface area contributed by atoms with Crippen molar-refractivity contribution in [1.29, 1.82) is 0 Å². The molecule has 0 aromatic carbocycles. The summed E-state index contributed by atoms with van der Waals surface area (Å²) in [5, 5.41) is 6.04. The molecule has 1 rings (SSSR count). The van der Waals surface area contributed by atoms with Gasteiger partial charge in [0.15, 0.2) is 5.13 Å². The molecule has 0 fully saturated rings. The molecule has 1 aromatic rings. The molecule has 13 heavy (non-hydrogen) atoms. The minimum atomic E-state index is 0.638. The van der Waals surface area contributed by atoms with Gasteiger partial charge >= 0.3 is 0 Å². The summed E-state index contributed by atoms with van der Waals surface area (Å²) in [4.78, 5) is 4.08. The Bertz CT molecular complexity index is 246. The normalized spacial score (nSPS) is 9.92. The zero-order valence-electron chi connectivity index (χ0n) is 7.75. The fourth-order valence-electron chi connectivity index (χ4n) is 0.787. The maximum atomic E-state index is 5.31. The predicted octanol–water partition coefficient (Wildman–Crippen LogP) is 2.15. The van der Waals surface area contributed by atoms with E-state index in [0.29, 0.717) is 13.2 Å². The molecule has 0 aliphatic rings. The van der Waals surface area contributed by atoms with E-state index >= 15 is 0 Å². The van der Waals surface area contributed by atoms with E-state index in [0.717, 1.165) is 17.2 Å². The molecule has 0 bridgehead atoms. The van der Waals surface area contributed by atoms with Gasteiger partial charge in [-0.2, -0.15) is 0 Å². The summed E-state index contributed by atoms with van der Waals surface area (Å²) >= 11 is 1.59. The van der Waals surface area contributed by atoms with Gasteiger partial charge in [0.1, 0.15) is 0 Å². The van der Waals surface area contributed by atoms with Gasteiger partial charge < -0.3 is 10.1 Å². The quantitative estimate of drug-likeness (QED) is 0.562. The Morgan fingerprint density at radius 1 is 1.77 bits per heavy atom. The number of hydrogen-bond donors (Lipinski definition) is 1. The van der Waals surface area contributed by atoms with Gasteiger partial charge in [-0.15, -0.1) is 11.3 Å². The van der Waals surface area contributed by atoms with Crippen LogP contribution in [0.2, 0.25) is 0 Å². The van der Waals surface area contributed by atoms with E-state index in [1.807, 2.05) is 12.3 Å². The molecule has 0 amide bonds. The van der Waals surface area contributed by atoms with Crippen LogP contribution in [0.5, 0.6) is 0 Å². The van der Waals surface area contributed by atoms with Crippen LogP contribution in [-0.4, -0.2) is 24.7 Å². The summed E-state index contributed by atoms with van der Waals surface area (Å²) in [5.41, 5.74) is 1.05. The molecule has 0 unspecified atom stereocenters. The molecule has 1 N–H and O–H groups in total. The third kappa shape index (κ3) is 4.65. The molecule has 1 heterocycles. The van der Waals surface area contributed by atoms with Crippen molar-refractivity contribution in [3.05, 3.63) is 23.7 Å². The lowest BCUT2D eigenvalue weighted by Gasteiger charge is -2.03. The number of thiazole rings is 1. The SMILES string of the molecule is C=C(C)COCCNc1nccs1. The maximum Gasteiger partial charge on any atom is 0.182 e. The second kappa shape index (κ2) is 5.72. The van der Waals surface area contributed by atoms with Gasteiger partial charge in [-0.1, -0.05) is 12.2 Å². The minimum Gasteiger partial charge on any atom is -0.375 e. The monoisotopic (exact) mass is 198 g/mol. The molecular weight excluding hydrogens is 184 g/mol. The van der Waals surface area contributed by atoms with Crippen LogP contribution in [-0.2, 0) is 4.74 Å². The first kappa shape index (κ1) is 10.2. The van der Waals surface area contributed by atoms with Crippen molar-refractivity contribution in [2.24, 2.45) is 0 Å². The number of rotatable bonds is 6. The highest BCUT2D eigenvalue weighted by Gasteiger charge is 1.92. The average molecular weight is 198 g/mol. The van der Waals surface area contributed by atoms with Crippen molar-refractivity contribution in [1.82, 2.24) is 4.98 Å². The Kier molecular flexibility index (Phi) is 4.49. The molecule has 4 heteroatoms. The summed E-state index contributed by atoms with van der Waals surface area (Å²) in [6, 6.07) is 0. The highest BCUT2D eigenvalue weighted by atomic mass is 32.1. The first-order valence-electron chi connectivity index (χ1n) is 4.14. The summed E-state index contributed by atoms with van der Waals surface area (Å²) < 4.78 is 5.31. The smallest absolute Gasteiger partial charge is 0.182 e. The van der Waals surface area contributed by atoms with E-state index in [2.05, 4.69) is 16.9 Å². The second-order valence-electron chi connectivity index (χ2n) is 2.77. The number of aromatic nitrogens is 1. The molecule has 1 aromatic heterocycles. The zero-order chi connectivity index (χ0) is 9.52. The van der Waals surface area contributed by atoms with Crippen molar-refractivity contribution in [3.63, 3.8) is 0 Å². The summed E-state index contributed by atoms with van der Waals surface area (Å²) in [7, 11) is 0. The molecule has 0 radical (unpaired) electrons. The number of anilines is 1. The first-order chi connectivity index (χ1) is 6.29. The largest absolute Gasteiger partial charge is 0.375 e. The minimum absolute atomic E-state index is 0.638. The Morgan fingerprint density at radius 3 is 3.23 bits per heavy atom. The highest BCUT2D eigenvalue weighted by Crippen LogP contribution is 2.08. The van der Waals surface area contributed by atoms with Gasteiger partial charge in [0.25, 0.3) is 0 Å². The lowest BCUT2D eigenvalue weighted by atomic mass is 10.4. The number of nitrogens with one attached hydrogen (secondary N) is 1. The summed E-state index contributed by atoms with van der Waals surface area (Å²) in [6.07, 6.45) is 1.78.